The minimum atomic E-state index is -0.508. The predicted molar refractivity (Wildman–Crippen MR) is 120 cm³/mol. The Morgan fingerprint density at radius 1 is 1.16 bits per heavy atom. The van der Waals surface area contributed by atoms with Gasteiger partial charge in [0.25, 0.3) is 0 Å². The minimum Gasteiger partial charge on any atom is -0.444 e. The fourth-order valence-corrected chi connectivity index (χ4v) is 3.53. The second kappa shape index (κ2) is 8.26. The summed E-state index contributed by atoms with van der Waals surface area (Å²) >= 11 is 0. The molecule has 0 bridgehead atoms. The van der Waals surface area contributed by atoms with Gasteiger partial charge in [0.15, 0.2) is 5.76 Å². The van der Waals surface area contributed by atoms with E-state index in [0.717, 1.165) is 33.2 Å². The Morgan fingerprint density at radius 2 is 1.94 bits per heavy atom. The van der Waals surface area contributed by atoms with Crippen LogP contribution < -0.4 is 5.32 Å². The van der Waals surface area contributed by atoms with E-state index in [4.69, 9.17) is 9.26 Å². The summed E-state index contributed by atoms with van der Waals surface area (Å²) in [7, 11) is 0. The lowest BCUT2D eigenvalue weighted by molar-refractivity contribution is 0.0525. The number of hydrogen-bond acceptors (Lipinski definition) is 5. The second-order valence-electron chi connectivity index (χ2n) is 8.60. The molecule has 160 valence electrons. The van der Waals surface area contributed by atoms with Crippen LogP contribution in [0.15, 0.2) is 59.4 Å². The fourth-order valence-electron chi connectivity index (χ4n) is 3.53. The van der Waals surface area contributed by atoms with Gasteiger partial charge in [-0.3, -0.25) is 5.10 Å². The summed E-state index contributed by atoms with van der Waals surface area (Å²) in [6.45, 7) is 8.12. The van der Waals surface area contributed by atoms with E-state index in [-0.39, 0.29) is 5.92 Å². The molecule has 0 saturated carbocycles. The summed E-state index contributed by atoms with van der Waals surface area (Å²) < 4.78 is 10.8. The van der Waals surface area contributed by atoms with Crippen LogP contribution in [-0.4, -0.2) is 33.6 Å². The highest BCUT2D eigenvalue weighted by molar-refractivity contribution is 6.01. The molecule has 1 amide bonds. The lowest BCUT2D eigenvalue weighted by atomic mass is 9.93. The molecule has 2 heterocycles. The van der Waals surface area contributed by atoms with Crippen molar-refractivity contribution in [1.82, 2.24) is 20.7 Å². The molecule has 4 aromatic rings. The maximum Gasteiger partial charge on any atom is 0.407 e. The molecule has 0 spiro atoms. The number of ether oxygens (including phenoxy) is 1. The molecule has 0 radical (unpaired) electrons. The first-order valence-corrected chi connectivity index (χ1v) is 10.3. The molecule has 0 saturated heterocycles. The van der Waals surface area contributed by atoms with Crippen molar-refractivity contribution >= 4 is 17.0 Å². The Hall–Kier alpha value is -3.61. The van der Waals surface area contributed by atoms with E-state index in [1.807, 2.05) is 32.9 Å². The summed E-state index contributed by atoms with van der Waals surface area (Å²) in [5.74, 6) is 0.840. The first-order chi connectivity index (χ1) is 14.8. The summed E-state index contributed by atoms with van der Waals surface area (Å²) in [5.41, 5.74) is 4.61. The molecule has 31 heavy (non-hydrogen) atoms. The highest BCUT2D eigenvalue weighted by Crippen LogP contribution is 2.37. The number of aromatic nitrogens is 3. The van der Waals surface area contributed by atoms with Crippen LogP contribution in [0, 0.1) is 0 Å². The van der Waals surface area contributed by atoms with Crippen molar-refractivity contribution in [3.63, 3.8) is 0 Å². The van der Waals surface area contributed by atoms with Crippen molar-refractivity contribution in [2.75, 3.05) is 6.54 Å². The Bertz CT molecular complexity index is 1170. The molecule has 0 aliphatic carbocycles. The third-order valence-electron chi connectivity index (χ3n) is 5.05. The van der Waals surface area contributed by atoms with Crippen LogP contribution in [0.5, 0.6) is 0 Å². The van der Waals surface area contributed by atoms with Crippen LogP contribution in [0.3, 0.4) is 0 Å². The highest BCUT2D eigenvalue weighted by atomic mass is 16.6. The quantitative estimate of drug-likeness (QED) is 0.445. The van der Waals surface area contributed by atoms with Crippen molar-refractivity contribution in [1.29, 1.82) is 0 Å². The Morgan fingerprint density at radius 3 is 2.61 bits per heavy atom. The number of amides is 1. The van der Waals surface area contributed by atoms with Gasteiger partial charge in [0.2, 0.25) is 0 Å². The van der Waals surface area contributed by atoms with Crippen molar-refractivity contribution in [3.8, 4) is 22.5 Å². The van der Waals surface area contributed by atoms with Gasteiger partial charge < -0.3 is 14.6 Å². The maximum absolute atomic E-state index is 11.9. The van der Waals surface area contributed by atoms with Gasteiger partial charge in [-0.2, -0.15) is 5.10 Å². The normalized spacial score (nSPS) is 12.6. The highest BCUT2D eigenvalue weighted by Gasteiger charge is 2.18. The smallest absolute Gasteiger partial charge is 0.407 e. The number of fused-ring (bicyclic) bond motifs is 1. The Labute approximate surface area is 180 Å². The van der Waals surface area contributed by atoms with Crippen LogP contribution in [0.2, 0.25) is 0 Å². The zero-order valence-electron chi connectivity index (χ0n) is 18.1. The first-order valence-electron chi connectivity index (χ1n) is 10.3. The van der Waals surface area contributed by atoms with Crippen molar-refractivity contribution in [3.05, 3.63) is 60.4 Å². The second-order valence-corrected chi connectivity index (χ2v) is 8.60. The fraction of sp³-hybridized carbons (Fsp3) is 0.292. The molecular formula is C24H26N4O3. The van der Waals surface area contributed by atoms with E-state index in [0.29, 0.717) is 12.3 Å². The van der Waals surface area contributed by atoms with E-state index in [1.165, 1.54) is 0 Å². The lowest BCUT2D eigenvalue weighted by Gasteiger charge is -2.21. The van der Waals surface area contributed by atoms with Gasteiger partial charge in [0.05, 0.1) is 17.9 Å². The zero-order chi connectivity index (χ0) is 22.0. The molecule has 1 unspecified atom stereocenters. The SMILES string of the molecule is CC(CNC(=O)OC(C)(C)C)c1ccc(-c2ccc3[nH]ncc3c2-c2ccno2)cc1. The number of nitrogens with one attached hydrogen (secondary N) is 2. The van der Waals surface area contributed by atoms with Gasteiger partial charge in [-0.15, -0.1) is 0 Å². The van der Waals surface area contributed by atoms with Crippen LogP contribution in [-0.2, 0) is 4.74 Å². The molecule has 7 heteroatoms. The molecule has 0 fully saturated rings. The van der Waals surface area contributed by atoms with Gasteiger partial charge in [-0.05, 0) is 49.4 Å². The summed E-state index contributed by atoms with van der Waals surface area (Å²) in [6, 6.07) is 14.3. The van der Waals surface area contributed by atoms with Crippen molar-refractivity contribution < 1.29 is 14.1 Å². The Balaban J connectivity index is 1.56. The van der Waals surface area contributed by atoms with E-state index in [1.54, 1.807) is 12.4 Å². The number of benzene rings is 2. The van der Waals surface area contributed by atoms with Gasteiger partial charge in [-0.25, -0.2) is 4.79 Å². The largest absolute Gasteiger partial charge is 0.444 e. The molecule has 4 rings (SSSR count). The number of H-pyrrole nitrogens is 1. The molecule has 0 aliphatic rings. The third kappa shape index (κ3) is 4.60. The zero-order valence-corrected chi connectivity index (χ0v) is 18.1. The van der Waals surface area contributed by atoms with E-state index in [2.05, 4.69) is 57.9 Å². The number of hydrogen-bond donors (Lipinski definition) is 2. The molecule has 0 aliphatic heterocycles. The minimum absolute atomic E-state index is 0.145. The molecule has 2 aromatic heterocycles. The number of nitrogens with zero attached hydrogens (tertiary/aromatic N) is 2. The van der Waals surface area contributed by atoms with Crippen LogP contribution in [0.25, 0.3) is 33.4 Å². The number of aromatic amines is 1. The standard InChI is InChI=1S/C24H26N4O3/c1-15(13-25-23(29)30-24(2,3)4)16-5-7-17(8-6-16)18-9-10-20-19(14-26-28-20)22(18)21-11-12-27-31-21/h5-12,14-15H,13H2,1-4H3,(H,25,29)(H,26,28). The molecule has 2 N–H and O–H groups in total. The van der Waals surface area contributed by atoms with Gasteiger partial charge in [-0.1, -0.05) is 42.4 Å². The summed E-state index contributed by atoms with van der Waals surface area (Å²) in [5, 5.41) is 14.9. The summed E-state index contributed by atoms with van der Waals surface area (Å²) in [6.07, 6.45) is 3.04. The van der Waals surface area contributed by atoms with Crippen LogP contribution >= 0.6 is 0 Å². The summed E-state index contributed by atoms with van der Waals surface area (Å²) in [4.78, 5) is 11.9. The molecule has 2 aromatic carbocycles. The monoisotopic (exact) mass is 418 g/mol. The maximum atomic E-state index is 11.9. The molecule has 7 nitrogen and oxygen atoms in total. The van der Waals surface area contributed by atoms with Crippen LogP contribution in [0.1, 0.15) is 39.2 Å². The lowest BCUT2D eigenvalue weighted by Crippen LogP contribution is -2.34. The average molecular weight is 418 g/mol. The number of carbonyl (C=O) groups excluding carboxylic acids is 1. The van der Waals surface area contributed by atoms with Crippen LogP contribution in [0.4, 0.5) is 4.79 Å². The molecule has 1 atom stereocenters. The van der Waals surface area contributed by atoms with E-state index < -0.39 is 11.7 Å². The van der Waals surface area contributed by atoms with Gasteiger partial charge in [0.1, 0.15) is 5.60 Å². The van der Waals surface area contributed by atoms with Gasteiger partial charge >= 0.3 is 6.09 Å². The molecular weight excluding hydrogens is 392 g/mol. The first kappa shape index (κ1) is 20.7. The predicted octanol–water partition coefficient (Wildman–Crippen LogP) is 5.51. The van der Waals surface area contributed by atoms with Crippen molar-refractivity contribution in [2.45, 2.75) is 39.2 Å². The number of carbonyl (C=O) groups is 1. The third-order valence-corrected chi connectivity index (χ3v) is 5.05. The van der Waals surface area contributed by atoms with E-state index in [9.17, 15) is 4.79 Å². The average Bonchev–Trinajstić information content (AvgIpc) is 3.42. The van der Waals surface area contributed by atoms with E-state index >= 15 is 0 Å². The van der Waals surface area contributed by atoms with Gasteiger partial charge in [0, 0.05) is 23.6 Å². The number of rotatable bonds is 5. The van der Waals surface area contributed by atoms with Crippen molar-refractivity contribution in [2.24, 2.45) is 0 Å². The Kier molecular flexibility index (Phi) is 5.50. The topological polar surface area (TPSA) is 93.0 Å². The number of alkyl carbamates (subject to hydrolysis) is 1.